The van der Waals surface area contributed by atoms with E-state index < -0.39 is 0 Å². The SMILES string of the molecule is C1=CC2c3ccccc3N(c3cccc4c3oc3c(-c5ccccc5)c(-c5cccc(-c6nc(-c7ccccc7)nc(-c7ccccc7)n6)c5)ccc34)C2C=C1. The first-order valence-corrected chi connectivity index (χ1v) is 19.0. The predicted octanol–water partition coefficient (Wildman–Crippen LogP) is 12.8. The summed E-state index contributed by atoms with van der Waals surface area (Å²) in [6, 6.07) is 59.2. The summed E-state index contributed by atoms with van der Waals surface area (Å²) in [6.07, 6.45) is 8.95. The number of anilines is 2. The number of furan rings is 1. The van der Waals surface area contributed by atoms with Gasteiger partial charge in [0.2, 0.25) is 0 Å². The first-order valence-electron chi connectivity index (χ1n) is 19.0. The zero-order valence-corrected chi connectivity index (χ0v) is 30.3. The second-order valence-electron chi connectivity index (χ2n) is 14.3. The van der Waals surface area contributed by atoms with Crippen molar-refractivity contribution in [2.24, 2.45) is 0 Å². The summed E-state index contributed by atoms with van der Waals surface area (Å²) in [7, 11) is 0. The molecule has 2 unspecified atom stereocenters. The van der Waals surface area contributed by atoms with Crippen LogP contribution in [0.3, 0.4) is 0 Å². The molecule has 2 aromatic heterocycles. The Morgan fingerprint density at radius 1 is 0.429 bits per heavy atom. The maximum absolute atomic E-state index is 7.17. The summed E-state index contributed by atoms with van der Waals surface area (Å²) in [6.45, 7) is 0. The van der Waals surface area contributed by atoms with Crippen molar-refractivity contribution < 1.29 is 4.42 Å². The highest BCUT2D eigenvalue weighted by Crippen LogP contribution is 2.51. The Hall–Kier alpha value is -7.37. The monoisotopic (exact) mass is 718 g/mol. The first-order chi connectivity index (χ1) is 27.8. The number of benzene rings is 7. The minimum Gasteiger partial charge on any atom is -0.453 e. The van der Waals surface area contributed by atoms with Gasteiger partial charge in [0.25, 0.3) is 0 Å². The summed E-state index contributed by atoms with van der Waals surface area (Å²) < 4.78 is 7.17. The predicted molar refractivity (Wildman–Crippen MR) is 228 cm³/mol. The van der Waals surface area contributed by atoms with Crippen molar-refractivity contribution in [1.82, 2.24) is 15.0 Å². The zero-order chi connectivity index (χ0) is 37.0. The van der Waals surface area contributed by atoms with Crippen LogP contribution in [0.15, 0.2) is 199 Å². The topological polar surface area (TPSA) is 55.1 Å². The Kier molecular flexibility index (Phi) is 7.56. The van der Waals surface area contributed by atoms with E-state index in [9.17, 15) is 0 Å². The van der Waals surface area contributed by atoms with E-state index in [-0.39, 0.29) is 12.0 Å². The summed E-state index contributed by atoms with van der Waals surface area (Å²) in [5.41, 5.74) is 12.4. The van der Waals surface area contributed by atoms with Gasteiger partial charge in [-0.3, -0.25) is 0 Å². The molecule has 1 aliphatic carbocycles. The normalized spacial score (nSPS) is 15.7. The Balaban J connectivity index is 1.09. The first kappa shape index (κ1) is 32.1. The Bertz CT molecular complexity index is 2930. The number of hydrogen-bond donors (Lipinski definition) is 0. The van der Waals surface area contributed by atoms with Gasteiger partial charge in [0.15, 0.2) is 23.1 Å². The zero-order valence-electron chi connectivity index (χ0n) is 30.3. The van der Waals surface area contributed by atoms with Gasteiger partial charge in [0, 0.05) is 44.6 Å². The maximum Gasteiger partial charge on any atom is 0.164 e. The molecule has 0 radical (unpaired) electrons. The molecule has 3 heterocycles. The third-order valence-electron chi connectivity index (χ3n) is 11.1. The van der Waals surface area contributed by atoms with Crippen LogP contribution in [0.4, 0.5) is 11.4 Å². The molecule has 5 heteroatoms. The lowest BCUT2D eigenvalue weighted by molar-refractivity contribution is 0.664. The van der Waals surface area contributed by atoms with E-state index in [1.165, 1.54) is 11.3 Å². The van der Waals surface area contributed by atoms with Crippen molar-refractivity contribution in [3.8, 4) is 56.4 Å². The number of rotatable bonds is 6. The van der Waals surface area contributed by atoms with Gasteiger partial charge in [-0.1, -0.05) is 170 Å². The molecule has 0 fully saturated rings. The molecule has 264 valence electrons. The number of nitrogens with zero attached hydrogens (tertiary/aromatic N) is 4. The fourth-order valence-electron chi connectivity index (χ4n) is 8.50. The van der Waals surface area contributed by atoms with Crippen molar-refractivity contribution in [3.05, 3.63) is 200 Å². The van der Waals surface area contributed by atoms with Crippen LogP contribution in [-0.4, -0.2) is 21.0 Å². The van der Waals surface area contributed by atoms with E-state index in [0.29, 0.717) is 17.5 Å². The molecule has 0 amide bonds. The molecule has 0 bridgehead atoms. The quantitative estimate of drug-likeness (QED) is 0.171. The molecule has 5 nitrogen and oxygen atoms in total. The van der Waals surface area contributed by atoms with Crippen LogP contribution in [0.5, 0.6) is 0 Å². The van der Waals surface area contributed by atoms with E-state index in [4.69, 9.17) is 19.4 Å². The average molecular weight is 719 g/mol. The van der Waals surface area contributed by atoms with E-state index in [2.05, 4.69) is 138 Å². The molecule has 0 saturated carbocycles. The molecule has 1 aliphatic heterocycles. The molecule has 0 saturated heterocycles. The van der Waals surface area contributed by atoms with Crippen LogP contribution in [0.2, 0.25) is 0 Å². The minimum absolute atomic E-state index is 0.170. The summed E-state index contributed by atoms with van der Waals surface area (Å²) in [5.74, 6) is 2.17. The summed E-state index contributed by atoms with van der Waals surface area (Å²) in [5, 5.41) is 2.18. The molecule has 11 rings (SSSR count). The van der Waals surface area contributed by atoms with Crippen LogP contribution in [0.1, 0.15) is 11.5 Å². The van der Waals surface area contributed by atoms with Gasteiger partial charge in [0.1, 0.15) is 5.58 Å². The Morgan fingerprint density at radius 2 is 0.982 bits per heavy atom. The number of hydrogen-bond acceptors (Lipinski definition) is 5. The van der Waals surface area contributed by atoms with Gasteiger partial charge < -0.3 is 9.32 Å². The lowest BCUT2D eigenvalue weighted by Gasteiger charge is -2.28. The fraction of sp³-hybridized carbons (Fsp3) is 0.0392. The van der Waals surface area contributed by atoms with Crippen LogP contribution in [0, 0.1) is 0 Å². The second kappa shape index (κ2) is 13.2. The highest BCUT2D eigenvalue weighted by atomic mass is 16.3. The molecule has 7 aromatic carbocycles. The minimum atomic E-state index is 0.170. The van der Waals surface area contributed by atoms with E-state index >= 15 is 0 Å². The summed E-state index contributed by atoms with van der Waals surface area (Å²) >= 11 is 0. The smallest absolute Gasteiger partial charge is 0.164 e. The van der Waals surface area contributed by atoms with Crippen molar-refractivity contribution in [1.29, 1.82) is 0 Å². The van der Waals surface area contributed by atoms with Gasteiger partial charge in [-0.05, 0) is 46.5 Å². The molecule has 56 heavy (non-hydrogen) atoms. The van der Waals surface area contributed by atoms with Gasteiger partial charge in [-0.25, -0.2) is 15.0 Å². The Morgan fingerprint density at radius 3 is 1.71 bits per heavy atom. The van der Waals surface area contributed by atoms with Crippen LogP contribution in [-0.2, 0) is 0 Å². The van der Waals surface area contributed by atoms with Gasteiger partial charge >= 0.3 is 0 Å². The standard InChI is InChI=1S/C51H34N4O/c1-4-16-33(17-5-1)46-38(36-22-14-23-37(32-36)51-53-49(34-18-6-2-7-19-34)52-50(54-51)35-20-8-3-9-21-35)30-31-42-41-26-15-29-45(47(41)56-48(42)46)55-43-27-12-10-24-39(43)40-25-11-13-28-44(40)55/h1-32,39,43H. The second-order valence-corrected chi connectivity index (χ2v) is 14.3. The van der Waals surface area contributed by atoms with Crippen LogP contribution < -0.4 is 4.90 Å². The third-order valence-corrected chi connectivity index (χ3v) is 11.1. The Labute approximate surface area is 324 Å². The number of para-hydroxylation sites is 2. The van der Waals surface area contributed by atoms with Crippen molar-refractivity contribution in [3.63, 3.8) is 0 Å². The van der Waals surface area contributed by atoms with Crippen molar-refractivity contribution >= 4 is 33.3 Å². The number of aromatic nitrogens is 3. The molecular formula is C51H34N4O. The van der Waals surface area contributed by atoms with E-state index in [0.717, 1.165) is 66.6 Å². The average Bonchev–Trinajstić information content (AvgIpc) is 3.83. The lowest BCUT2D eigenvalue weighted by atomic mass is 9.91. The van der Waals surface area contributed by atoms with Crippen LogP contribution in [0.25, 0.3) is 78.4 Å². The molecule has 2 aliphatic rings. The van der Waals surface area contributed by atoms with Crippen molar-refractivity contribution in [2.45, 2.75) is 12.0 Å². The third kappa shape index (κ3) is 5.28. The molecule has 0 N–H and O–H groups in total. The van der Waals surface area contributed by atoms with Crippen LogP contribution >= 0.6 is 0 Å². The number of fused-ring (bicyclic) bond motifs is 6. The largest absolute Gasteiger partial charge is 0.453 e. The van der Waals surface area contributed by atoms with E-state index in [1.54, 1.807) is 0 Å². The van der Waals surface area contributed by atoms with Gasteiger partial charge in [-0.15, -0.1) is 0 Å². The van der Waals surface area contributed by atoms with Crippen molar-refractivity contribution in [2.75, 3.05) is 4.90 Å². The molecule has 9 aromatic rings. The summed E-state index contributed by atoms with van der Waals surface area (Å²) in [4.78, 5) is 17.4. The van der Waals surface area contributed by atoms with E-state index in [1.807, 2.05) is 60.7 Å². The highest BCUT2D eigenvalue weighted by Gasteiger charge is 2.38. The van der Waals surface area contributed by atoms with Gasteiger partial charge in [0.05, 0.1) is 11.7 Å². The molecular weight excluding hydrogens is 685 g/mol. The maximum atomic E-state index is 7.17. The van der Waals surface area contributed by atoms with Gasteiger partial charge in [-0.2, -0.15) is 0 Å². The lowest BCUT2D eigenvalue weighted by Crippen LogP contribution is -2.28. The fourth-order valence-corrected chi connectivity index (χ4v) is 8.50. The molecule has 2 atom stereocenters. The highest BCUT2D eigenvalue weighted by molar-refractivity contribution is 6.15. The number of allylic oxidation sites excluding steroid dienone is 2. The molecule has 0 spiro atoms.